The molecule has 1 aromatic heterocycles. The molecule has 0 saturated heterocycles. The van der Waals surface area contributed by atoms with Crippen LogP contribution in [0.5, 0.6) is 5.75 Å². The molecule has 0 saturated carbocycles. The Morgan fingerprint density at radius 3 is 2.79 bits per heavy atom. The predicted octanol–water partition coefficient (Wildman–Crippen LogP) is 4.01. The predicted molar refractivity (Wildman–Crippen MR) is 111 cm³/mol. The Hall–Kier alpha value is -3.41. The maximum atomic E-state index is 12.6. The zero-order chi connectivity index (χ0) is 19.9. The van der Waals surface area contributed by atoms with E-state index in [2.05, 4.69) is 20.6 Å². The van der Waals surface area contributed by atoms with Gasteiger partial charge in [-0.3, -0.25) is 4.79 Å². The standard InChI is InChI=1S/C22H24N4O2/c1-15-7-8-16(2)20(13-15)25-21(27)19-10-12-24-22(26-19)23-11-9-17-5-4-6-18(14-17)28-3/h4-8,10,12-14H,9,11H2,1-3H3,(H,25,27)(H,23,24,26). The highest BCUT2D eigenvalue weighted by atomic mass is 16.5. The molecule has 0 spiro atoms. The number of benzene rings is 2. The number of anilines is 2. The molecule has 2 N–H and O–H groups in total. The first-order chi connectivity index (χ1) is 13.5. The molecule has 1 heterocycles. The van der Waals surface area contributed by atoms with Crippen molar-refractivity contribution in [2.24, 2.45) is 0 Å². The molecule has 0 aliphatic rings. The highest BCUT2D eigenvalue weighted by Gasteiger charge is 2.11. The quantitative estimate of drug-likeness (QED) is 0.652. The SMILES string of the molecule is COc1cccc(CCNc2nccc(C(=O)Nc3cc(C)ccc3C)n2)c1. The third kappa shape index (κ3) is 5.07. The van der Waals surface area contributed by atoms with Gasteiger partial charge in [-0.25, -0.2) is 9.97 Å². The van der Waals surface area contributed by atoms with Crippen molar-refractivity contribution in [3.05, 3.63) is 77.1 Å². The molecular weight excluding hydrogens is 352 g/mol. The Balaban J connectivity index is 1.61. The molecule has 144 valence electrons. The van der Waals surface area contributed by atoms with Crippen LogP contribution in [0.1, 0.15) is 27.2 Å². The van der Waals surface area contributed by atoms with Crippen LogP contribution in [-0.4, -0.2) is 29.5 Å². The molecule has 3 aromatic rings. The van der Waals surface area contributed by atoms with E-state index in [9.17, 15) is 4.79 Å². The third-order valence-electron chi connectivity index (χ3n) is 4.36. The molecule has 3 rings (SSSR count). The third-order valence-corrected chi connectivity index (χ3v) is 4.36. The summed E-state index contributed by atoms with van der Waals surface area (Å²) in [7, 11) is 1.65. The summed E-state index contributed by atoms with van der Waals surface area (Å²) in [6, 6.07) is 15.5. The largest absolute Gasteiger partial charge is 0.497 e. The number of nitrogens with zero attached hydrogens (tertiary/aromatic N) is 2. The van der Waals surface area contributed by atoms with Gasteiger partial charge in [0, 0.05) is 18.4 Å². The topological polar surface area (TPSA) is 76.1 Å². The lowest BCUT2D eigenvalue weighted by Gasteiger charge is -2.10. The van der Waals surface area contributed by atoms with Gasteiger partial charge in [0.1, 0.15) is 11.4 Å². The molecule has 0 aliphatic heterocycles. The van der Waals surface area contributed by atoms with E-state index in [1.54, 1.807) is 19.4 Å². The van der Waals surface area contributed by atoms with Crippen LogP contribution in [0.2, 0.25) is 0 Å². The number of hydrogen-bond acceptors (Lipinski definition) is 5. The van der Waals surface area contributed by atoms with Gasteiger partial charge >= 0.3 is 0 Å². The molecule has 1 amide bonds. The van der Waals surface area contributed by atoms with Gasteiger partial charge in [0.25, 0.3) is 5.91 Å². The van der Waals surface area contributed by atoms with E-state index in [4.69, 9.17) is 4.74 Å². The smallest absolute Gasteiger partial charge is 0.274 e. The fourth-order valence-electron chi connectivity index (χ4n) is 2.77. The fraction of sp³-hybridized carbons (Fsp3) is 0.227. The van der Waals surface area contributed by atoms with E-state index < -0.39 is 0 Å². The number of carbonyl (C=O) groups excluding carboxylic acids is 1. The normalized spacial score (nSPS) is 10.4. The minimum atomic E-state index is -0.257. The van der Waals surface area contributed by atoms with Crippen molar-refractivity contribution in [2.75, 3.05) is 24.3 Å². The number of aromatic nitrogens is 2. The average Bonchev–Trinajstić information content (AvgIpc) is 2.71. The number of nitrogens with one attached hydrogen (secondary N) is 2. The Morgan fingerprint density at radius 1 is 1.11 bits per heavy atom. The highest BCUT2D eigenvalue weighted by molar-refractivity contribution is 6.03. The molecule has 0 atom stereocenters. The monoisotopic (exact) mass is 376 g/mol. The van der Waals surface area contributed by atoms with Crippen LogP contribution >= 0.6 is 0 Å². The lowest BCUT2D eigenvalue weighted by atomic mass is 10.1. The van der Waals surface area contributed by atoms with E-state index in [0.717, 1.165) is 34.5 Å². The molecule has 0 fully saturated rings. The number of hydrogen-bond donors (Lipinski definition) is 2. The number of ether oxygens (including phenoxy) is 1. The van der Waals surface area contributed by atoms with Crippen molar-refractivity contribution in [3.63, 3.8) is 0 Å². The zero-order valence-electron chi connectivity index (χ0n) is 16.3. The average molecular weight is 376 g/mol. The minimum absolute atomic E-state index is 0.257. The maximum absolute atomic E-state index is 12.6. The van der Waals surface area contributed by atoms with Gasteiger partial charge in [-0.15, -0.1) is 0 Å². The zero-order valence-corrected chi connectivity index (χ0v) is 16.3. The van der Waals surface area contributed by atoms with Crippen molar-refractivity contribution < 1.29 is 9.53 Å². The van der Waals surface area contributed by atoms with E-state index in [1.165, 1.54) is 0 Å². The summed E-state index contributed by atoms with van der Waals surface area (Å²) >= 11 is 0. The van der Waals surface area contributed by atoms with E-state index in [0.29, 0.717) is 18.2 Å². The van der Waals surface area contributed by atoms with Crippen LogP contribution in [0.15, 0.2) is 54.7 Å². The van der Waals surface area contributed by atoms with E-state index in [1.807, 2.05) is 56.3 Å². The van der Waals surface area contributed by atoms with Crippen LogP contribution < -0.4 is 15.4 Å². The van der Waals surface area contributed by atoms with E-state index in [-0.39, 0.29) is 5.91 Å². The van der Waals surface area contributed by atoms with Gasteiger partial charge in [-0.1, -0.05) is 24.3 Å². The summed E-state index contributed by atoms with van der Waals surface area (Å²) in [5, 5.41) is 6.09. The van der Waals surface area contributed by atoms with E-state index >= 15 is 0 Å². The molecule has 0 bridgehead atoms. The maximum Gasteiger partial charge on any atom is 0.274 e. The van der Waals surface area contributed by atoms with Gasteiger partial charge in [0.05, 0.1) is 7.11 Å². The number of amides is 1. The summed E-state index contributed by atoms with van der Waals surface area (Å²) in [5.74, 6) is 1.00. The summed E-state index contributed by atoms with van der Waals surface area (Å²) < 4.78 is 5.24. The van der Waals surface area contributed by atoms with Crippen LogP contribution in [0.25, 0.3) is 0 Å². The lowest BCUT2D eigenvalue weighted by molar-refractivity contribution is 0.102. The van der Waals surface area contributed by atoms with Crippen molar-refractivity contribution in [3.8, 4) is 5.75 Å². The summed E-state index contributed by atoms with van der Waals surface area (Å²) in [5.41, 5.74) is 4.35. The van der Waals surface area contributed by atoms with Crippen LogP contribution in [0, 0.1) is 13.8 Å². The molecular formula is C22H24N4O2. The highest BCUT2D eigenvalue weighted by Crippen LogP contribution is 2.17. The first-order valence-electron chi connectivity index (χ1n) is 9.13. The van der Waals surface area contributed by atoms with Crippen molar-refractivity contribution in [1.29, 1.82) is 0 Å². The van der Waals surface area contributed by atoms with Gasteiger partial charge in [0.15, 0.2) is 0 Å². The van der Waals surface area contributed by atoms with Gasteiger partial charge < -0.3 is 15.4 Å². The summed E-state index contributed by atoms with van der Waals surface area (Å²) in [4.78, 5) is 21.1. The number of methoxy groups -OCH3 is 1. The van der Waals surface area contributed by atoms with Crippen molar-refractivity contribution in [1.82, 2.24) is 9.97 Å². The first-order valence-corrected chi connectivity index (χ1v) is 9.13. The Kier molecular flexibility index (Phi) is 6.22. The minimum Gasteiger partial charge on any atom is -0.497 e. The number of rotatable bonds is 7. The molecule has 28 heavy (non-hydrogen) atoms. The van der Waals surface area contributed by atoms with Crippen LogP contribution in [0.4, 0.5) is 11.6 Å². The van der Waals surface area contributed by atoms with Crippen molar-refractivity contribution >= 4 is 17.5 Å². The second kappa shape index (κ2) is 8.99. The van der Waals surface area contributed by atoms with Crippen LogP contribution in [-0.2, 0) is 6.42 Å². The molecule has 6 nitrogen and oxygen atoms in total. The Labute approximate surface area is 165 Å². The Morgan fingerprint density at radius 2 is 1.96 bits per heavy atom. The summed E-state index contributed by atoms with van der Waals surface area (Å²) in [6.45, 7) is 4.60. The Bertz CT molecular complexity index is 972. The second-order valence-electron chi connectivity index (χ2n) is 6.57. The number of aryl methyl sites for hydroxylation is 2. The molecule has 2 aromatic carbocycles. The van der Waals surface area contributed by atoms with Gasteiger partial charge in [-0.05, 0) is 61.2 Å². The molecule has 6 heteroatoms. The van der Waals surface area contributed by atoms with Crippen molar-refractivity contribution in [2.45, 2.75) is 20.3 Å². The fourth-order valence-corrected chi connectivity index (χ4v) is 2.77. The first kappa shape index (κ1) is 19.4. The molecule has 0 radical (unpaired) electrons. The molecule has 0 aliphatic carbocycles. The number of carbonyl (C=O) groups is 1. The molecule has 0 unspecified atom stereocenters. The van der Waals surface area contributed by atoms with Gasteiger partial charge in [-0.2, -0.15) is 0 Å². The van der Waals surface area contributed by atoms with Gasteiger partial charge in [0.2, 0.25) is 5.95 Å². The van der Waals surface area contributed by atoms with Crippen LogP contribution in [0.3, 0.4) is 0 Å². The lowest BCUT2D eigenvalue weighted by Crippen LogP contribution is -2.16. The second-order valence-corrected chi connectivity index (χ2v) is 6.57. The summed E-state index contributed by atoms with van der Waals surface area (Å²) in [6.07, 6.45) is 2.37.